The molecule has 0 aromatic heterocycles. The molecule has 1 aliphatic rings. The summed E-state index contributed by atoms with van der Waals surface area (Å²) in [5.41, 5.74) is 4.45. The molecule has 4 rings (SSSR count). The molecule has 184 valence electrons. The van der Waals surface area contributed by atoms with E-state index in [0.29, 0.717) is 27.3 Å². The molecule has 0 spiro atoms. The zero-order chi connectivity index (χ0) is 25.7. The third kappa shape index (κ3) is 5.95. The Labute approximate surface area is 220 Å². The van der Waals surface area contributed by atoms with E-state index in [0.717, 1.165) is 28.1 Å². The highest BCUT2D eigenvalue weighted by atomic mass is 32.2. The van der Waals surface area contributed by atoms with Crippen LogP contribution in [-0.2, 0) is 9.59 Å². The molecular weight excluding hydrogens is 492 g/mol. The van der Waals surface area contributed by atoms with Crippen molar-refractivity contribution in [1.82, 2.24) is 0 Å². The molecule has 3 aromatic rings. The quantitative estimate of drug-likeness (QED) is 0.286. The summed E-state index contributed by atoms with van der Waals surface area (Å²) in [6.45, 7) is 6.36. The lowest BCUT2D eigenvalue weighted by Gasteiger charge is -2.15. The molecule has 0 radical (unpaired) electrons. The Morgan fingerprint density at radius 3 is 2.36 bits per heavy atom. The van der Waals surface area contributed by atoms with Gasteiger partial charge in [-0.3, -0.25) is 14.5 Å². The Balaban J connectivity index is 1.36. The lowest BCUT2D eigenvalue weighted by molar-refractivity contribution is -0.118. The van der Waals surface area contributed by atoms with Crippen molar-refractivity contribution in [2.24, 2.45) is 0 Å². The van der Waals surface area contributed by atoms with Crippen LogP contribution in [0.1, 0.15) is 23.6 Å². The van der Waals surface area contributed by atoms with E-state index in [1.54, 1.807) is 18.2 Å². The minimum atomic E-state index is -0.231. The predicted octanol–water partition coefficient (Wildman–Crippen LogP) is 6.13. The first-order valence-electron chi connectivity index (χ1n) is 11.5. The van der Waals surface area contributed by atoms with Gasteiger partial charge in [0.15, 0.2) is 10.9 Å². The van der Waals surface area contributed by atoms with Gasteiger partial charge in [-0.2, -0.15) is 0 Å². The summed E-state index contributed by atoms with van der Waals surface area (Å²) in [5.74, 6) is 0.904. The molecule has 1 aliphatic heterocycles. The number of aryl methyl sites for hydroxylation is 1. The number of rotatable bonds is 8. The number of ether oxygens (including phenoxy) is 2. The van der Waals surface area contributed by atoms with Crippen molar-refractivity contribution in [2.75, 3.05) is 23.4 Å². The normalized spacial score (nSPS) is 14.3. The number of carbonyl (C=O) groups excluding carboxylic acids is 2. The van der Waals surface area contributed by atoms with Crippen LogP contribution in [0.25, 0.3) is 6.08 Å². The number of thiocarbonyl (C=S) groups is 1. The number of hydrogen-bond donors (Lipinski definition) is 1. The van der Waals surface area contributed by atoms with Gasteiger partial charge in [-0.15, -0.1) is 0 Å². The molecule has 8 heteroatoms. The molecule has 0 atom stereocenters. The topological polar surface area (TPSA) is 67.9 Å². The summed E-state index contributed by atoms with van der Waals surface area (Å²) >= 11 is 6.72. The standard InChI is InChI=1S/C28H26N2O4S2/c1-4-33-22-14-10-21(11-15-22)30-27(32)25(36-28(30)35)16-20-8-12-23(13-9-20)34-17-26(31)29-24-7-5-6-18(2)19(24)3/h5-16H,4,17H2,1-3H3,(H,29,31)/b25-16-. The summed E-state index contributed by atoms with van der Waals surface area (Å²) in [5, 5.41) is 2.88. The first kappa shape index (κ1) is 25.5. The average molecular weight is 519 g/mol. The third-order valence-corrected chi connectivity index (χ3v) is 6.93. The lowest BCUT2D eigenvalue weighted by atomic mass is 10.1. The van der Waals surface area contributed by atoms with Gasteiger partial charge < -0.3 is 14.8 Å². The molecule has 1 heterocycles. The van der Waals surface area contributed by atoms with E-state index >= 15 is 0 Å². The number of anilines is 2. The Morgan fingerprint density at radius 2 is 1.67 bits per heavy atom. The molecule has 0 aliphatic carbocycles. The highest BCUT2D eigenvalue weighted by molar-refractivity contribution is 8.27. The molecule has 2 amide bonds. The second kappa shape index (κ2) is 11.4. The molecule has 36 heavy (non-hydrogen) atoms. The fourth-order valence-electron chi connectivity index (χ4n) is 3.58. The summed E-state index contributed by atoms with van der Waals surface area (Å²) in [4.78, 5) is 27.4. The minimum absolute atomic E-state index is 0.104. The fourth-order valence-corrected chi connectivity index (χ4v) is 4.88. The number of thioether (sulfide) groups is 1. The van der Waals surface area contributed by atoms with Crippen molar-refractivity contribution in [3.63, 3.8) is 0 Å². The fraction of sp³-hybridized carbons (Fsp3) is 0.179. The van der Waals surface area contributed by atoms with Crippen molar-refractivity contribution in [3.8, 4) is 11.5 Å². The highest BCUT2D eigenvalue weighted by Crippen LogP contribution is 2.36. The van der Waals surface area contributed by atoms with Crippen LogP contribution in [0.3, 0.4) is 0 Å². The molecule has 0 saturated carbocycles. The number of amides is 2. The van der Waals surface area contributed by atoms with E-state index in [2.05, 4.69) is 5.32 Å². The molecule has 6 nitrogen and oxygen atoms in total. The van der Waals surface area contributed by atoms with E-state index in [1.165, 1.54) is 16.7 Å². The number of nitrogens with zero attached hydrogens (tertiary/aromatic N) is 1. The summed E-state index contributed by atoms with van der Waals surface area (Å²) in [6.07, 6.45) is 1.80. The van der Waals surface area contributed by atoms with Crippen molar-refractivity contribution >= 4 is 57.6 Å². The Kier molecular flexibility index (Phi) is 8.07. The van der Waals surface area contributed by atoms with Gasteiger partial charge in [0.2, 0.25) is 0 Å². The maximum Gasteiger partial charge on any atom is 0.270 e. The smallest absolute Gasteiger partial charge is 0.270 e. The van der Waals surface area contributed by atoms with E-state index < -0.39 is 0 Å². The van der Waals surface area contributed by atoms with Gasteiger partial charge in [-0.1, -0.05) is 48.2 Å². The van der Waals surface area contributed by atoms with Gasteiger partial charge in [0, 0.05) is 5.69 Å². The van der Waals surface area contributed by atoms with Gasteiger partial charge in [0.1, 0.15) is 11.5 Å². The predicted molar refractivity (Wildman–Crippen MR) is 150 cm³/mol. The average Bonchev–Trinajstić information content (AvgIpc) is 3.15. The Bertz CT molecular complexity index is 1320. The van der Waals surface area contributed by atoms with Crippen molar-refractivity contribution in [1.29, 1.82) is 0 Å². The van der Waals surface area contributed by atoms with Gasteiger partial charge in [0.25, 0.3) is 11.8 Å². The van der Waals surface area contributed by atoms with Gasteiger partial charge >= 0.3 is 0 Å². The van der Waals surface area contributed by atoms with Crippen LogP contribution in [0.2, 0.25) is 0 Å². The van der Waals surface area contributed by atoms with Crippen LogP contribution in [0.5, 0.6) is 11.5 Å². The minimum Gasteiger partial charge on any atom is -0.494 e. The number of nitrogens with one attached hydrogen (secondary N) is 1. The largest absolute Gasteiger partial charge is 0.494 e. The van der Waals surface area contributed by atoms with Gasteiger partial charge in [-0.25, -0.2) is 0 Å². The highest BCUT2D eigenvalue weighted by Gasteiger charge is 2.33. The first-order chi connectivity index (χ1) is 17.4. The van der Waals surface area contributed by atoms with Crippen molar-refractivity contribution in [3.05, 3.63) is 88.3 Å². The number of benzene rings is 3. The van der Waals surface area contributed by atoms with E-state index in [1.807, 2.05) is 75.4 Å². The molecular formula is C28H26N2O4S2. The SMILES string of the molecule is CCOc1ccc(N2C(=O)/C(=C/c3ccc(OCC(=O)Nc4cccc(C)c4C)cc3)SC2=S)cc1. The van der Waals surface area contributed by atoms with Crippen LogP contribution >= 0.6 is 24.0 Å². The van der Waals surface area contributed by atoms with Crippen molar-refractivity contribution in [2.45, 2.75) is 20.8 Å². The summed E-state index contributed by atoms with van der Waals surface area (Å²) < 4.78 is 11.6. The van der Waals surface area contributed by atoms with Crippen LogP contribution in [0.4, 0.5) is 11.4 Å². The number of carbonyl (C=O) groups is 2. The Morgan fingerprint density at radius 1 is 1.00 bits per heavy atom. The molecule has 0 bridgehead atoms. The van der Waals surface area contributed by atoms with Gasteiger partial charge in [0.05, 0.1) is 17.2 Å². The van der Waals surface area contributed by atoms with E-state index in [4.69, 9.17) is 21.7 Å². The summed E-state index contributed by atoms with van der Waals surface area (Å²) in [7, 11) is 0. The van der Waals surface area contributed by atoms with Crippen LogP contribution < -0.4 is 19.7 Å². The molecule has 1 saturated heterocycles. The van der Waals surface area contributed by atoms with Crippen LogP contribution in [-0.4, -0.2) is 29.3 Å². The van der Waals surface area contributed by atoms with E-state index in [9.17, 15) is 9.59 Å². The first-order valence-corrected chi connectivity index (χ1v) is 12.7. The third-order valence-electron chi connectivity index (χ3n) is 5.63. The second-order valence-corrected chi connectivity index (χ2v) is 9.77. The summed E-state index contributed by atoms with van der Waals surface area (Å²) in [6, 6.07) is 20.3. The Hall–Kier alpha value is -3.62. The van der Waals surface area contributed by atoms with Crippen LogP contribution in [0.15, 0.2) is 71.6 Å². The second-order valence-electron chi connectivity index (χ2n) is 8.10. The zero-order valence-corrected chi connectivity index (χ0v) is 21.9. The lowest BCUT2D eigenvalue weighted by Crippen LogP contribution is -2.27. The molecule has 3 aromatic carbocycles. The molecule has 1 fully saturated rings. The monoisotopic (exact) mass is 518 g/mol. The van der Waals surface area contributed by atoms with Crippen molar-refractivity contribution < 1.29 is 19.1 Å². The van der Waals surface area contributed by atoms with Gasteiger partial charge in [-0.05, 0) is 86.0 Å². The zero-order valence-electron chi connectivity index (χ0n) is 20.2. The molecule has 0 unspecified atom stereocenters. The maximum absolute atomic E-state index is 13.0. The van der Waals surface area contributed by atoms with Crippen LogP contribution in [0, 0.1) is 13.8 Å². The maximum atomic E-state index is 13.0. The van der Waals surface area contributed by atoms with E-state index in [-0.39, 0.29) is 18.4 Å². The number of hydrogen-bond acceptors (Lipinski definition) is 6. The molecule has 1 N–H and O–H groups in total.